The average Bonchev–Trinajstić information content (AvgIpc) is 3.26. The maximum absolute atomic E-state index is 12.5. The van der Waals surface area contributed by atoms with Crippen LogP contribution in [0.3, 0.4) is 0 Å². The van der Waals surface area contributed by atoms with Gasteiger partial charge in [-0.15, -0.1) is 10.2 Å². The minimum Gasteiger partial charge on any atom is -0.417 e. The van der Waals surface area contributed by atoms with E-state index in [0.29, 0.717) is 17.9 Å². The number of hydrogen-bond donors (Lipinski definition) is 0. The molecule has 0 spiro atoms. The summed E-state index contributed by atoms with van der Waals surface area (Å²) in [5.41, 5.74) is 0. The van der Waals surface area contributed by atoms with E-state index in [4.69, 9.17) is 4.42 Å². The topological polar surface area (TPSA) is 62.5 Å². The highest BCUT2D eigenvalue weighted by atomic mass is 16.4. The van der Waals surface area contributed by atoms with Gasteiger partial charge in [-0.3, -0.25) is 4.79 Å². The number of hydrogen-bond acceptors (Lipinski definition) is 5. The fourth-order valence-corrected chi connectivity index (χ4v) is 3.82. The number of piperidine rings is 1. The Morgan fingerprint density at radius 3 is 2.57 bits per heavy atom. The van der Waals surface area contributed by atoms with Gasteiger partial charge in [0.25, 0.3) is 0 Å². The van der Waals surface area contributed by atoms with Crippen LogP contribution in [0.4, 0.5) is 0 Å². The van der Waals surface area contributed by atoms with Crippen molar-refractivity contribution < 1.29 is 9.21 Å². The second-order valence-corrected chi connectivity index (χ2v) is 6.86. The highest BCUT2D eigenvalue weighted by molar-refractivity contribution is 5.89. The first-order valence-corrected chi connectivity index (χ1v) is 9.04. The second kappa shape index (κ2) is 7.43. The lowest BCUT2D eigenvalue weighted by molar-refractivity contribution is 0.0585. The molecule has 1 aromatic heterocycles. The Labute approximate surface area is 138 Å². The molecule has 6 nitrogen and oxygen atoms in total. The molecule has 1 aromatic rings. The van der Waals surface area contributed by atoms with Gasteiger partial charge in [-0.25, -0.2) is 0 Å². The van der Waals surface area contributed by atoms with Crippen molar-refractivity contribution in [2.75, 3.05) is 26.2 Å². The molecule has 3 heterocycles. The second-order valence-electron chi connectivity index (χ2n) is 6.86. The van der Waals surface area contributed by atoms with Crippen LogP contribution in [-0.4, -0.2) is 58.1 Å². The maximum atomic E-state index is 12.5. The van der Waals surface area contributed by atoms with Crippen LogP contribution in [0.25, 0.3) is 0 Å². The lowest BCUT2D eigenvalue weighted by Crippen LogP contribution is -2.45. The van der Waals surface area contributed by atoms with Crippen molar-refractivity contribution in [2.45, 2.75) is 58.4 Å². The van der Waals surface area contributed by atoms with Gasteiger partial charge >= 0.3 is 11.8 Å². The molecule has 6 heteroatoms. The highest BCUT2D eigenvalue weighted by Gasteiger charge is 2.32. The summed E-state index contributed by atoms with van der Waals surface area (Å²) in [6.07, 6.45) is 6.47. The average molecular weight is 320 g/mol. The summed E-state index contributed by atoms with van der Waals surface area (Å²) in [4.78, 5) is 16.9. The molecule has 2 fully saturated rings. The number of likely N-dealkylation sites (tertiary alicyclic amines) is 2. The Morgan fingerprint density at radius 1 is 1.22 bits per heavy atom. The van der Waals surface area contributed by atoms with Gasteiger partial charge in [-0.05, 0) is 58.0 Å². The summed E-state index contributed by atoms with van der Waals surface area (Å²) in [5, 5.41) is 7.86. The number of aromatic nitrogens is 2. The van der Waals surface area contributed by atoms with Gasteiger partial charge in [0.05, 0.1) is 0 Å². The smallest absolute Gasteiger partial charge is 0.311 e. The lowest BCUT2D eigenvalue weighted by Gasteiger charge is -2.37. The summed E-state index contributed by atoms with van der Waals surface area (Å²) in [7, 11) is 0. The van der Waals surface area contributed by atoms with Crippen LogP contribution in [0.2, 0.25) is 0 Å². The van der Waals surface area contributed by atoms with Gasteiger partial charge in [-0.2, -0.15) is 0 Å². The number of carbonyl (C=O) groups is 1. The van der Waals surface area contributed by atoms with Crippen LogP contribution >= 0.6 is 0 Å². The SMILES string of the molecule is CCCc1nnc(C(=O)N2CCC([C@H](C)N3CCCC3)CC2)o1. The first kappa shape index (κ1) is 16.4. The highest BCUT2D eigenvalue weighted by Crippen LogP contribution is 2.27. The van der Waals surface area contributed by atoms with E-state index < -0.39 is 0 Å². The Kier molecular flexibility index (Phi) is 5.30. The molecule has 1 amide bonds. The van der Waals surface area contributed by atoms with E-state index in [2.05, 4.69) is 28.9 Å². The molecule has 0 saturated carbocycles. The fraction of sp³-hybridized carbons (Fsp3) is 0.824. The fourth-order valence-electron chi connectivity index (χ4n) is 3.82. The van der Waals surface area contributed by atoms with Crippen molar-refractivity contribution in [3.05, 3.63) is 11.8 Å². The standard InChI is InChI=1S/C17H28N4O2/c1-3-6-15-18-19-16(23-15)17(22)21-11-7-14(8-12-21)13(2)20-9-4-5-10-20/h13-14H,3-12H2,1-2H3/t13-/m0/s1. The molecule has 0 unspecified atom stereocenters. The zero-order valence-corrected chi connectivity index (χ0v) is 14.3. The molecule has 0 aliphatic carbocycles. The molecule has 2 aliphatic rings. The largest absolute Gasteiger partial charge is 0.417 e. The molecule has 3 rings (SSSR count). The Morgan fingerprint density at radius 2 is 1.91 bits per heavy atom. The van der Waals surface area contributed by atoms with Crippen LogP contribution in [0.15, 0.2) is 4.42 Å². The van der Waals surface area contributed by atoms with Crippen LogP contribution < -0.4 is 0 Å². The quantitative estimate of drug-likeness (QED) is 0.833. The van der Waals surface area contributed by atoms with E-state index in [-0.39, 0.29) is 11.8 Å². The van der Waals surface area contributed by atoms with Crippen LogP contribution in [-0.2, 0) is 6.42 Å². The van der Waals surface area contributed by atoms with Crippen molar-refractivity contribution in [3.8, 4) is 0 Å². The van der Waals surface area contributed by atoms with Crippen LogP contribution in [0, 0.1) is 5.92 Å². The van der Waals surface area contributed by atoms with E-state index in [0.717, 1.165) is 38.8 Å². The van der Waals surface area contributed by atoms with Crippen LogP contribution in [0.1, 0.15) is 62.5 Å². The predicted octanol–water partition coefficient (Wildman–Crippen LogP) is 2.36. The van der Waals surface area contributed by atoms with Gasteiger partial charge < -0.3 is 14.2 Å². The third-order valence-electron chi connectivity index (χ3n) is 5.34. The van der Waals surface area contributed by atoms with Gasteiger partial charge in [0, 0.05) is 25.6 Å². The zero-order chi connectivity index (χ0) is 16.2. The van der Waals surface area contributed by atoms with E-state index in [1.807, 2.05) is 4.90 Å². The predicted molar refractivity (Wildman–Crippen MR) is 87.2 cm³/mol. The number of aryl methyl sites for hydroxylation is 1. The molecule has 1 atom stereocenters. The number of carbonyl (C=O) groups excluding carboxylic acids is 1. The molecule has 0 aromatic carbocycles. The normalized spacial score (nSPS) is 21.7. The Hall–Kier alpha value is -1.43. The molecular formula is C17H28N4O2. The summed E-state index contributed by atoms with van der Waals surface area (Å²) in [6, 6.07) is 0.634. The summed E-state index contributed by atoms with van der Waals surface area (Å²) in [6.45, 7) is 8.48. The molecule has 0 N–H and O–H groups in total. The molecule has 23 heavy (non-hydrogen) atoms. The molecular weight excluding hydrogens is 292 g/mol. The number of rotatable bonds is 5. The number of amides is 1. The van der Waals surface area contributed by atoms with Crippen molar-refractivity contribution >= 4 is 5.91 Å². The van der Waals surface area contributed by atoms with Crippen LogP contribution in [0.5, 0.6) is 0 Å². The van der Waals surface area contributed by atoms with E-state index >= 15 is 0 Å². The van der Waals surface area contributed by atoms with Gasteiger partial charge in [0.15, 0.2) is 0 Å². The minimum absolute atomic E-state index is 0.105. The third kappa shape index (κ3) is 3.74. The summed E-state index contributed by atoms with van der Waals surface area (Å²) >= 11 is 0. The van der Waals surface area contributed by atoms with Crippen molar-refractivity contribution in [2.24, 2.45) is 5.92 Å². The molecule has 0 bridgehead atoms. The third-order valence-corrected chi connectivity index (χ3v) is 5.34. The minimum atomic E-state index is -0.105. The van der Waals surface area contributed by atoms with Crippen molar-refractivity contribution in [1.82, 2.24) is 20.0 Å². The van der Waals surface area contributed by atoms with Gasteiger partial charge in [0.1, 0.15) is 0 Å². The maximum Gasteiger partial charge on any atom is 0.311 e. The first-order chi connectivity index (χ1) is 11.2. The van der Waals surface area contributed by atoms with Crippen molar-refractivity contribution in [1.29, 1.82) is 0 Å². The Balaban J connectivity index is 1.52. The number of nitrogens with zero attached hydrogens (tertiary/aromatic N) is 4. The van der Waals surface area contributed by atoms with Gasteiger partial charge in [-0.1, -0.05) is 6.92 Å². The molecule has 128 valence electrons. The first-order valence-electron chi connectivity index (χ1n) is 9.04. The molecule has 2 aliphatic heterocycles. The lowest BCUT2D eigenvalue weighted by atomic mass is 9.89. The monoisotopic (exact) mass is 320 g/mol. The summed E-state index contributed by atoms with van der Waals surface area (Å²) in [5.74, 6) is 1.30. The molecule has 0 radical (unpaired) electrons. The zero-order valence-electron chi connectivity index (χ0n) is 14.3. The van der Waals surface area contributed by atoms with Gasteiger partial charge in [0.2, 0.25) is 5.89 Å². The Bertz CT molecular complexity index is 516. The van der Waals surface area contributed by atoms with E-state index in [1.165, 1.54) is 25.9 Å². The van der Waals surface area contributed by atoms with E-state index in [1.54, 1.807) is 0 Å². The summed E-state index contributed by atoms with van der Waals surface area (Å²) < 4.78 is 5.47. The van der Waals surface area contributed by atoms with Crippen molar-refractivity contribution in [3.63, 3.8) is 0 Å². The molecule has 2 saturated heterocycles. The van der Waals surface area contributed by atoms with E-state index in [9.17, 15) is 4.79 Å².